The lowest BCUT2D eigenvalue weighted by Crippen LogP contribution is -2.19. The molecule has 4 nitrogen and oxygen atoms in total. The van der Waals surface area contributed by atoms with Crippen LogP contribution in [0.4, 0.5) is 0 Å². The van der Waals surface area contributed by atoms with E-state index < -0.39 is 0 Å². The molecular weight excluding hydrogens is 230 g/mol. The molecule has 0 spiro atoms. The van der Waals surface area contributed by atoms with Crippen LogP contribution < -0.4 is 14.8 Å². The second-order valence-corrected chi connectivity index (χ2v) is 4.08. The minimum absolute atomic E-state index is 0.0623. The number of benzene rings is 1. The van der Waals surface area contributed by atoms with Gasteiger partial charge in [-0.25, -0.2) is 0 Å². The number of methoxy groups -OCH3 is 2. The first-order chi connectivity index (χ1) is 8.80. The maximum Gasteiger partial charge on any atom is 0.161 e. The molecule has 0 aromatic heterocycles. The zero-order chi connectivity index (χ0) is 13.0. The third-order valence-electron chi connectivity index (χ3n) is 3.05. The fraction of sp³-hybridized carbons (Fsp3) is 0.429. The van der Waals surface area contributed by atoms with Crippen LogP contribution in [0.25, 0.3) is 0 Å². The van der Waals surface area contributed by atoms with Gasteiger partial charge in [-0.3, -0.25) is 0 Å². The van der Waals surface area contributed by atoms with Gasteiger partial charge in [0.1, 0.15) is 5.76 Å². The van der Waals surface area contributed by atoms with E-state index in [2.05, 4.69) is 11.4 Å². The number of likely N-dealkylation sites (N-methyl/N-ethyl adjacent to an activating group) is 1. The lowest BCUT2D eigenvalue weighted by atomic mass is 10.0. The van der Waals surface area contributed by atoms with Crippen LogP contribution >= 0.6 is 0 Å². The van der Waals surface area contributed by atoms with E-state index in [9.17, 15) is 0 Å². The topological polar surface area (TPSA) is 39.7 Å². The molecule has 0 aliphatic carbocycles. The van der Waals surface area contributed by atoms with Gasteiger partial charge < -0.3 is 19.5 Å². The molecule has 1 aliphatic rings. The van der Waals surface area contributed by atoms with Crippen LogP contribution in [0, 0.1) is 0 Å². The van der Waals surface area contributed by atoms with Crippen LogP contribution in [0.1, 0.15) is 18.0 Å². The van der Waals surface area contributed by atoms with E-state index in [-0.39, 0.29) is 6.04 Å². The first-order valence-electron chi connectivity index (χ1n) is 6.02. The zero-order valence-corrected chi connectivity index (χ0v) is 11.0. The minimum atomic E-state index is 0.0623. The summed E-state index contributed by atoms with van der Waals surface area (Å²) >= 11 is 0. The average molecular weight is 249 g/mol. The summed E-state index contributed by atoms with van der Waals surface area (Å²) in [5.41, 5.74) is 1.10. The molecule has 4 heteroatoms. The van der Waals surface area contributed by atoms with Gasteiger partial charge in [-0.1, -0.05) is 6.07 Å². The van der Waals surface area contributed by atoms with Crippen molar-refractivity contribution in [1.29, 1.82) is 0 Å². The molecule has 1 heterocycles. The molecule has 0 fully saturated rings. The van der Waals surface area contributed by atoms with Gasteiger partial charge in [-0.15, -0.1) is 0 Å². The highest BCUT2D eigenvalue weighted by atomic mass is 16.5. The Labute approximate surface area is 108 Å². The molecule has 1 atom stereocenters. The van der Waals surface area contributed by atoms with Crippen LogP contribution in [0.2, 0.25) is 0 Å². The van der Waals surface area contributed by atoms with Crippen LogP contribution in [-0.2, 0) is 4.74 Å². The number of hydrogen-bond acceptors (Lipinski definition) is 4. The summed E-state index contributed by atoms with van der Waals surface area (Å²) in [4.78, 5) is 0. The normalized spacial score (nSPS) is 15.8. The van der Waals surface area contributed by atoms with E-state index in [1.54, 1.807) is 14.2 Å². The number of rotatable bonds is 5. The average Bonchev–Trinajstić information content (AvgIpc) is 2.93. The molecule has 0 amide bonds. The van der Waals surface area contributed by atoms with E-state index in [0.717, 1.165) is 35.8 Å². The fourth-order valence-corrected chi connectivity index (χ4v) is 2.14. The van der Waals surface area contributed by atoms with Crippen molar-refractivity contribution in [1.82, 2.24) is 5.32 Å². The highest BCUT2D eigenvalue weighted by Gasteiger charge is 2.20. The van der Waals surface area contributed by atoms with Crippen LogP contribution in [0.15, 0.2) is 30.0 Å². The highest BCUT2D eigenvalue weighted by molar-refractivity contribution is 5.45. The largest absolute Gasteiger partial charge is 0.496 e. The van der Waals surface area contributed by atoms with Gasteiger partial charge >= 0.3 is 0 Å². The maximum absolute atomic E-state index is 5.62. The zero-order valence-electron chi connectivity index (χ0n) is 11.0. The number of ether oxygens (including phenoxy) is 3. The molecule has 0 saturated heterocycles. The summed E-state index contributed by atoms with van der Waals surface area (Å²) in [6.45, 7) is 0.765. The Morgan fingerprint density at radius 3 is 2.56 bits per heavy atom. The first kappa shape index (κ1) is 12.8. The molecule has 0 saturated carbocycles. The maximum atomic E-state index is 5.62. The quantitative estimate of drug-likeness (QED) is 0.869. The van der Waals surface area contributed by atoms with Gasteiger partial charge in [0, 0.05) is 6.42 Å². The Morgan fingerprint density at radius 2 is 2.00 bits per heavy atom. The molecular formula is C14H19NO3. The predicted octanol–water partition coefficient (Wildman–Crippen LogP) is 2.27. The van der Waals surface area contributed by atoms with Crippen LogP contribution in [0.5, 0.6) is 11.5 Å². The summed E-state index contributed by atoms with van der Waals surface area (Å²) in [6.07, 6.45) is 3.10. The first-order valence-corrected chi connectivity index (χ1v) is 6.02. The number of nitrogens with one attached hydrogen (secondary N) is 1. The van der Waals surface area contributed by atoms with Crippen molar-refractivity contribution in [3.05, 3.63) is 35.6 Å². The lowest BCUT2D eigenvalue weighted by molar-refractivity contribution is 0.218. The molecule has 1 N–H and O–H groups in total. The SMILES string of the molecule is CNC(C1=CCCO1)c1ccc(OC)c(OC)c1. The molecule has 1 aromatic carbocycles. The van der Waals surface area contributed by atoms with Gasteiger partial charge in [-0.05, 0) is 30.8 Å². The Hall–Kier alpha value is -1.68. The van der Waals surface area contributed by atoms with E-state index in [1.165, 1.54) is 0 Å². The van der Waals surface area contributed by atoms with Gasteiger partial charge in [0.2, 0.25) is 0 Å². The molecule has 0 radical (unpaired) electrons. The monoisotopic (exact) mass is 249 g/mol. The van der Waals surface area contributed by atoms with Crippen molar-refractivity contribution >= 4 is 0 Å². The summed E-state index contributed by atoms with van der Waals surface area (Å²) < 4.78 is 16.2. The molecule has 1 aromatic rings. The van der Waals surface area contributed by atoms with Crippen molar-refractivity contribution in [3.8, 4) is 11.5 Å². The van der Waals surface area contributed by atoms with Gasteiger partial charge in [0.15, 0.2) is 11.5 Å². The molecule has 18 heavy (non-hydrogen) atoms. The fourth-order valence-electron chi connectivity index (χ4n) is 2.14. The van der Waals surface area contributed by atoms with E-state index in [0.29, 0.717) is 0 Å². The van der Waals surface area contributed by atoms with Crippen molar-refractivity contribution in [2.75, 3.05) is 27.9 Å². The Morgan fingerprint density at radius 1 is 1.22 bits per heavy atom. The lowest BCUT2D eigenvalue weighted by Gasteiger charge is -2.19. The van der Waals surface area contributed by atoms with Crippen molar-refractivity contribution in [2.24, 2.45) is 0 Å². The highest BCUT2D eigenvalue weighted by Crippen LogP contribution is 2.33. The Balaban J connectivity index is 2.30. The Bertz CT molecular complexity index is 443. The van der Waals surface area contributed by atoms with E-state index in [4.69, 9.17) is 14.2 Å². The third kappa shape index (κ3) is 2.43. The Kier molecular flexibility index (Phi) is 4.10. The third-order valence-corrected chi connectivity index (χ3v) is 3.05. The van der Waals surface area contributed by atoms with Gasteiger partial charge in [-0.2, -0.15) is 0 Å². The smallest absolute Gasteiger partial charge is 0.161 e. The van der Waals surface area contributed by atoms with Gasteiger partial charge in [0.25, 0.3) is 0 Å². The van der Waals surface area contributed by atoms with Crippen LogP contribution in [-0.4, -0.2) is 27.9 Å². The summed E-state index contributed by atoms with van der Waals surface area (Å²) in [7, 11) is 5.20. The van der Waals surface area contributed by atoms with Crippen molar-refractivity contribution in [3.63, 3.8) is 0 Å². The van der Waals surface area contributed by atoms with Crippen molar-refractivity contribution in [2.45, 2.75) is 12.5 Å². The number of hydrogen-bond donors (Lipinski definition) is 1. The molecule has 1 aliphatic heterocycles. The van der Waals surface area contributed by atoms with E-state index in [1.807, 2.05) is 25.2 Å². The van der Waals surface area contributed by atoms with Crippen LogP contribution in [0.3, 0.4) is 0 Å². The predicted molar refractivity (Wildman–Crippen MR) is 70.0 cm³/mol. The molecule has 1 unspecified atom stereocenters. The summed E-state index contributed by atoms with van der Waals surface area (Å²) in [5, 5.41) is 3.26. The summed E-state index contributed by atoms with van der Waals surface area (Å²) in [6, 6.07) is 5.97. The van der Waals surface area contributed by atoms with Crippen molar-refractivity contribution < 1.29 is 14.2 Å². The second kappa shape index (κ2) is 5.78. The summed E-state index contributed by atoms with van der Waals surface area (Å²) in [5.74, 6) is 2.44. The second-order valence-electron chi connectivity index (χ2n) is 4.08. The molecule has 2 rings (SSSR count). The minimum Gasteiger partial charge on any atom is -0.496 e. The molecule has 0 bridgehead atoms. The molecule has 98 valence electrons. The standard InChI is InChI=1S/C14H19NO3/c1-15-14(12-5-4-8-18-12)10-6-7-11(16-2)13(9-10)17-3/h5-7,9,14-15H,4,8H2,1-3H3. The van der Waals surface area contributed by atoms with Gasteiger partial charge in [0.05, 0.1) is 26.9 Å². The van der Waals surface area contributed by atoms with E-state index >= 15 is 0 Å².